The van der Waals surface area contributed by atoms with E-state index < -0.39 is 11.2 Å². The van der Waals surface area contributed by atoms with Gasteiger partial charge in [0.25, 0.3) is 0 Å². The first-order valence-electron chi connectivity index (χ1n) is 7.76. The maximum Gasteiger partial charge on any atom is 0.335 e. The summed E-state index contributed by atoms with van der Waals surface area (Å²) in [5.41, 5.74) is 1.33. The molecule has 3 rings (SSSR count). The second-order valence-corrected chi connectivity index (χ2v) is 6.67. The van der Waals surface area contributed by atoms with E-state index in [0.29, 0.717) is 10.9 Å². The van der Waals surface area contributed by atoms with Crippen molar-refractivity contribution in [3.05, 3.63) is 60.2 Å². The molecule has 26 heavy (non-hydrogen) atoms. The van der Waals surface area contributed by atoms with Gasteiger partial charge in [-0.05, 0) is 36.4 Å². The molecule has 8 heteroatoms. The summed E-state index contributed by atoms with van der Waals surface area (Å²) in [5, 5.41) is 14.1. The predicted molar refractivity (Wildman–Crippen MR) is 99.7 cm³/mol. The average Bonchev–Trinajstić information content (AvgIpc) is 2.95. The minimum atomic E-state index is -1.04. The molecule has 1 unspecified atom stereocenters. The van der Waals surface area contributed by atoms with Crippen LogP contribution in [-0.4, -0.2) is 33.3 Å². The van der Waals surface area contributed by atoms with E-state index in [4.69, 9.17) is 5.11 Å². The molecule has 0 bridgehead atoms. The first-order valence-corrected chi connectivity index (χ1v) is 8.64. The molecule has 2 aromatic rings. The van der Waals surface area contributed by atoms with Crippen molar-refractivity contribution < 1.29 is 19.5 Å². The lowest BCUT2D eigenvalue weighted by Gasteiger charge is -2.07. The molecule has 1 aliphatic rings. The number of anilines is 1. The normalized spacial score (nSPS) is 17.8. The standard InChI is InChI=1S/C18H15N3O4S/c22-15(19-13-8-6-11(7-9-13)17(24)25)10-14-16(23)21-18(26-14)20-12-4-2-1-3-5-12/h1-9,14H,10H2,(H,19,22)(H,24,25)(H,20,21,23). The number of para-hydroxylation sites is 1. The number of carbonyl (C=O) groups is 3. The Hall–Kier alpha value is -3.13. The van der Waals surface area contributed by atoms with E-state index in [0.717, 1.165) is 5.69 Å². The van der Waals surface area contributed by atoms with Crippen molar-refractivity contribution in [2.45, 2.75) is 11.7 Å². The second-order valence-electron chi connectivity index (χ2n) is 5.48. The number of nitrogens with zero attached hydrogens (tertiary/aromatic N) is 1. The lowest BCUT2D eigenvalue weighted by molar-refractivity contribution is -0.122. The largest absolute Gasteiger partial charge is 0.478 e. The molecule has 0 aliphatic carbocycles. The van der Waals surface area contributed by atoms with E-state index in [9.17, 15) is 14.4 Å². The van der Waals surface area contributed by atoms with Gasteiger partial charge in [-0.3, -0.25) is 9.59 Å². The molecule has 1 heterocycles. The molecule has 0 spiro atoms. The fourth-order valence-electron chi connectivity index (χ4n) is 2.29. The first-order chi connectivity index (χ1) is 12.5. The molecule has 2 aromatic carbocycles. The number of nitrogens with one attached hydrogen (secondary N) is 2. The highest BCUT2D eigenvalue weighted by Gasteiger charge is 2.32. The van der Waals surface area contributed by atoms with Crippen LogP contribution in [0.15, 0.2) is 59.6 Å². The molecule has 0 saturated carbocycles. The molecule has 0 radical (unpaired) electrons. The number of carboxylic acid groups (broad SMARTS) is 1. The fraction of sp³-hybridized carbons (Fsp3) is 0.111. The third kappa shape index (κ3) is 4.48. The Balaban J connectivity index is 1.58. The summed E-state index contributed by atoms with van der Waals surface area (Å²) in [6.07, 6.45) is -0.00894. The monoisotopic (exact) mass is 369 g/mol. The van der Waals surface area contributed by atoms with Crippen LogP contribution in [0.4, 0.5) is 11.4 Å². The Morgan fingerprint density at radius 1 is 1.12 bits per heavy atom. The van der Waals surface area contributed by atoms with Gasteiger partial charge in [-0.1, -0.05) is 30.0 Å². The van der Waals surface area contributed by atoms with E-state index in [1.807, 2.05) is 30.3 Å². The number of amidine groups is 1. The van der Waals surface area contributed by atoms with Crippen LogP contribution in [0.3, 0.4) is 0 Å². The Morgan fingerprint density at radius 2 is 1.81 bits per heavy atom. The van der Waals surface area contributed by atoms with Crippen molar-refractivity contribution >= 4 is 46.1 Å². The topological polar surface area (TPSA) is 108 Å². The lowest BCUT2D eigenvalue weighted by atomic mass is 10.2. The summed E-state index contributed by atoms with van der Waals surface area (Å²) < 4.78 is 0. The van der Waals surface area contributed by atoms with Crippen molar-refractivity contribution in [2.75, 3.05) is 5.32 Å². The summed E-state index contributed by atoms with van der Waals surface area (Å²) >= 11 is 1.21. The molecule has 3 N–H and O–H groups in total. The summed E-state index contributed by atoms with van der Waals surface area (Å²) in [4.78, 5) is 39.3. The van der Waals surface area contributed by atoms with Gasteiger partial charge in [-0.15, -0.1) is 0 Å². The highest BCUT2D eigenvalue weighted by molar-refractivity contribution is 8.15. The van der Waals surface area contributed by atoms with Crippen molar-refractivity contribution in [1.82, 2.24) is 5.32 Å². The number of amides is 2. The molecular weight excluding hydrogens is 354 g/mol. The second kappa shape index (κ2) is 7.83. The van der Waals surface area contributed by atoms with E-state index in [2.05, 4.69) is 15.6 Å². The number of carbonyl (C=O) groups excluding carboxylic acids is 2. The predicted octanol–water partition coefficient (Wildman–Crippen LogP) is 2.63. The maximum atomic E-state index is 12.1. The maximum absolute atomic E-state index is 12.1. The van der Waals surface area contributed by atoms with E-state index in [1.54, 1.807) is 0 Å². The van der Waals surface area contributed by atoms with Gasteiger partial charge in [-0.2, -0.15) is 0 Å². The van der Waals surface area contributed by atoms with Crippen LogP contribution in [0.2, 0.25) is 0 Å². The van der Waals surface area contributed by atoms with Gasteiger partial charge in [0.2, 0.25) is 11.8 Å². The van der Waals surface area contributed by atoms with Crippen LogP contribution < -0.4 is 10.6 Å². The minimum absolute atomic E-state index is 0.00894. The van der Waals surface area contributed by atoms with Crippen molar-refractivity contribution in [3.63, 3.8) is 0 Å². The number of aliphatic imine (C=N–C) groups is 1. The zero-order chi connectivity index (χ0) is 18.5. The molecule has 1 atom stereocenters. The third-order valence-corrected chi connectivity index (χ3v) is 4.63. The van der Waals surface area contributed by atoms with Gasteiger partial charge in [0.1, 0.15) is 5.25 Å². The third-order valence-electron chi connectivity index (χ3n) is 3.55. The van der Waals surface area contributed by atoms with Crippen molar-refractivity contribution in [2.24, 2.45) is 4.99 Å². The van der Waals surface area contributed by atoms with E-state index in [1.165, 1.54) is 36.0 Å². The van der Waals surface area contributed by atoms with Crippen LogP contribution in [0.5, 0.6) is 0 Å². The van der Waals surface area contributed by atoms with Crippen molar-refractivity contribution in [3.8, 4) is 0 Å². The van der Waals surface area contributed by atoms with E-state index >= 15 is 0 Å². The summed E-state index contributed by atoms with van der Waals surface area (Å²) in [6, 6.07) is 15.0. The summed E-state index contributed by atoms with van der Waals surface area (Å²) in [7, 11) is 0. The van der Waals surface area contributed by atoms with Crippen LogP contribution in [-0.2, 0) is 9.59 Å². The van der Waals surface area contributed by atoms with Crippen LogP contribution in [0.1, 0.15) is 16.8 Å². The van der Waals surface area contributed by atoms with Gasteiger partial charge >= 0.3 is 5.97 Å². The molecule has 7 nitrogen and oxygen atoms in total. The zero-order valence-electron chi connectivity index (χ0n) is 13.5. The molecular formula is C18H15N3O4S. The van der Waals surface area contributed by atoms with Gasteiger partial charge in [0.05, 0.1) is 11.3 Å². The van der Waals surface area contributed by atoms with E-state index in [-0.39, 0.29) is 23.8 Å². The number of aromatic carboxylic acids is 1. The molecule has 2 amide bonds. The van der Waals surface area contributed by atoms with Gasteiger partial charge in [0, 0.05) is 12.1 Å². The highest BCUT2D eigenvalue weighted by Crippen LogP contribution is 2.25. The first kappa shape index (κ1) is 17.7. The van der Waals surface area contributed by atoms with Crippen LogP contribution in [0, 0.1) is 0 Å². The number of rotatable bonds is 5. The van der Waals surface area contributed by atoms with Crippen LogP contribution >= 0.6 is 11.8 Å². The molecule has 1 saturated heterocycles. The smallest absolute Gasteiger partial charge is 0.335 e. The SMILES string of the molecule is O=C(CC1SC(=Nc2ccccc2)NC1=O)Nc1ccc(C(=O)O)cc1. The van der Waals surface area contributed by atoms with Crippen LogP contribution in [0.25, 0.3) is 0 Å². The Kier molecular flexibility index (Phi) is 5.33. The quantitative estimate of drug-likeness (QED) is 0.751. The molecule has 132 valence electrons. The number of hydrogen-bond donors (Lipinski definition) is 3. The highest BCUT2D eigenvalue weighted by atomic mass is 32.2. The summed E-state index contributed by atoms with van der Waals surface area (Å²) in [5.74, 6) is -1.63. The number of benzene rings is 2. The fourth-order valence-corrected chi connectivity index (χ4v) is 3.28. The Labute approximate surface area is 153 Å². The Bertz CT molecular complexity index is 866. The average molecular weight is 369 g/mol. The summed E-state index contributed by atoms with van der Waals surface area (Å²) in [6.45, 7) is 0. The Morgan fingerprint density at radius 3 is 2.46 bits per heavy atom. The number of thioether (sulfide) groups is 1. The number of carboxylic acids is 1. The van der Waals surface area contributed by atoms with Gasteiger partial charge < -0.3 is 15.7 Å². The van der Waals surface area contributed by atoms with Crippen molar-refractivity contribution in [1.29, 1.82) is 0 Å². The zero-order valence-corrected chi connectivity index (χ0v) is 14.3. The lowest BCUT2D eigenvalue weighted by Crippen LogP contribution is -2.28. The molecule has 0 aromatic heterocycles. The van der Waals surface area contributed by atoms with Gasteiger partial charge in [0.15, 0.2) is 5.17 Å². The minimum Gasteiger partial charge on any atom is -0.478 e. The molecule has 1 aliphatic heterocycles. The molecule has 1 fully saturated rings. The van der Waals surface area contributed by atoms with Gasteiger partial charge in [-0.25, -0.2) is 9.79 Å². The number of hydrogen-bond acceptors (Lipinski definition) is 5.